The fourth-order valence-electron chi connectivity index (χ4n) is 2.92. The van der Waals surface area contributed by atoms with E-state index in [1.165, 1.54) is 35.6 Å². The van der Waals surface area contributed by atoms with E-state index in [1.54, 1.807) is 42.6 Å². The molecular weight excluding hydrogens is 443 g/mol. The van der Waals surface area contributed by atoms with Gasteiger partial charge in [0.05, 0.1) is 24.4 Å². The second-order valence-electron chi connectivity index (χ2n) is 6.80. The summed E-state index contributed by atoms with van der Waals surface area (Å²) >= 11 is 1.32. The molecule has 0 aliphatic rings. The maximum atomic E-state index is 12.4. The van der Waals surface area contributed by atoms with Crippen LogP contribution < -0.4 is 10.1 Å². The molecule has 9 heteroatoms. The average Bonchev–Trinajstić information content (AvgIpc) is 3.17. The van der Waals surface area contributed by atoms with Crippen molar-refractivity contribution in [2.45, 2.75) is 26.1 Å². The molecule has 0 aliphatic carbocycles. The molecule has 0 fully saturated rings. The Hall–Kier alpha value is -3.33. The van der Waals surface area contributed by atoms with Crippen molar-refractivity contribution in [3.05, 3.63) is 71.1 Å². The van der Waals surface area contributed by atoms with Gasteiger partial charge in [0.1, 0.15) is 5.75 Å². The van der Waals surface area contributed by atoms with Gasteiger partial charge in [0, 0.05) is 5.38 Å². The Morgan fingerprint density at radius 2 is 1.56 bits per heavy atom. The zero-order chi connectivity index (χ0) is 23.1. The average molecular weight is 463 g/mol. The first-order valence-electron chi connectivity index (χ1n) is 9.70. The molecule has 0 bridgehead atoms. The Morgan fingerprint density at radius 1 is 0.938 bits per heavy atom. The number of alkyl halides is 3. The molecule has 0 spiro atoms. The Kier molecular flexibility index (Phi) is 7.53. The molecule has 0 saturated heterocycles. The standard InChI is InChI=1S/C23H20F3NO4S/c1-2-30-22(29)12-16-5-3-15(4-6-16)11-20(28)27-21-13-18(14-32-21)17-7-9-19(10-8-17)31-23(24,25)26/h3-10,13-14H,2,11-12H2,1H3,(H,27,28). The Labute approximate surface area is 186 Å². The maximum absolute atomic E-state index is 12.4. The summed E-state index contributed by atoms with van der Waals surface area (Å²) in [5.74, 6) is -0.794. The second-order valence-corrected chi connectivity index (χ2v) is 7.71. The van der Waals surface area contributed by atoms with Crippen molar-refractivity contribution in [2.75, 3.05) is 11.9 Å². The van der Waals surface area contributed by atoms with Gasteiger partial charge in [-0.2, -0.15) is 0 Å². The lowest BCUT2D eigenvalue weighted by Gasteiger charge is -2.08. The van der Waals surface area contributed by atoms with Crippen molar-refractivity contribution in [3.63, 3.8) is 0 Å². The van der Waals surface area contributed by atoms with E-state index < -0.39 is 6.36 Å². The number of thiophene rings is 1. The lowest BCUT2D eigenvalue weighted by molar-refractivity contribution is -0.274. The summed E-state index contributed by atoms with van der Waals surface area (Å²) in [4.78, 5) is 23.9. The highest BCUT2D eigenvalue weighted by molar-refractivity contribution is 7.14. The lowest BCUT2D eigenvalue weighted by atomic mass is 10.1. The van der Waals surface area contributed by atoms with Gasteiger partial charge in [-0.15, -0.1) is 24.5 Å². The van der Waals surface area contributed by atoms with E-state index in [9.17, 15) is 22.8 Å². The molecular formula is C23H20F3NO4S. The van der Waals surface area contributed by atoms with Crippen LogP contribution >= 0.6 is 11.3 Å². The van der Waals surface area contributed by atoms with E-state index >= 15 is 0 Å². The molecule has 5 nitrogen and oxygen atoms in total. The van der Waals surface area contributed by atoms with Crippen LogP contribution in [0.5, 0.6) is 5.75 Å². The third-order valence-electron chi connectivity index (χ3n) is 4.32. The fraction of sp³-hybridized carbons (Fsp3) is 0.217. The number of amides is 1. The van der Waals surface area contributed by atoms with Gasteiger partial charge >= 0.3 is 12.3 Å². The van der Waals surface area contributed by atoms with E-state index in [-0.39, 0.29) is 30.5 Å². The van der Waals surface area contributed by atoms with Crippen LogP contribution in [0.25, 0.3) is 11.1 Å². The SMILES string of the molecule is CCOC(=O)Cc1ccc(CC(=O)Nc2cc(-c3ccc(OC(F)(F)F)cc3)cs2)cc1. The van der Waals surface area contributed by atoms with Crippen molar-refractivity contribution in [2.24, 2.45) is 0 Å². The summed E-state index contributed by atoms with van der Waals surface area (Å²) in [6.45, 7) is 2.08. The summed E-state index contributed by atoms with van der Waals surface area (Å²) in [6.07, 6.45) is -4.39. The van der Waals surface area contributed by atoms with Crippen LogP contribution in [0.15, 0.2) is 60.0 Å². The van der Waals surface area contributed by atoms with Gasteiger partial charge in [-0.3, -0.25) is 9.59 Å². The number of carbonyl (C=O) groups excluding carboxylic acids is 2. The minimum atomic E-state index is -4.73. The number of benzene rings is 2. The molecule has 1 N–H and O–H groups in total. The van der Waals surface area contributed by atoms with E-state index in [2.05, 4.69) is 10.1 Å². The molecule has 0 radical (unpaired) electrons. The molecule has 0 saturated carbocycles. The van der Waals surface area contributed by atoms with Crippen molar-refractivity contribution < 1.29 is 32.2 Å². The third-order valence-corrected chi connectivity index (χ3v) is 5.17. The highest BCUT2D eigenvalue weighted by atomic mass is 32.1. The normalized spacial score (nSPS) is 11.1. The zero-order valence-corrected chi connectivity index (χ0v) is 17.9. The Bertz CT molecular complexity index is 1060. The number of ether oxygens (including phenoxy) is 2. The summed E-state index contributed by atoms with van der Waals surface area (Å²) in [5, 5.41) is 5.25. The van der Waals surface area contributed by atoms with Crippen LogP contribution in [-0.4, -0.2) is 24.8 Å². The van der Waals surface area contributed by atoms with Gasteiger partial charge in [-0.05, 0) is 47.4 Å². The molecule has 1 heterocycles. The number of rotatable bonds is 8. The summed E-state index contributed by atoms with van der Waals surface area (Å²) in [6, 6.07) is 14.4. The Morgan fingerprint density at radius 3 is 2.16 bits per heavy atom. The zero-order valence-electron chi connectivity index (χ0n) is 17.1. The molecule has 3 aromatic rings. The van der Waals surface area contributed by atoms with Crippen molar-refractivity contribution in [3.8, 4) is 16.9 Å². The fourth-order valence-corrected chi connectivity index (χ4v) is 3.75. The smallest absolute Gasteiger partial charge is 0.466 e. The summed E-state index contributed by atoms with van der Waals surface area (Å²) < 4.78 is 45.6. The maximum Gasteiger partial charge on any atom is 0.573 e. The molecule has 2 aromatic carbocycles. The molecule has 1 amide bonds. The number of carbonyl (C=O) groups is 2. The molecule has 3 rings (SSSR count). The number of anilines is 1. The highest BCUT2D eigenvalue weighted by Gasteiger charge is 2.30. The Balaban J connectivity index is 1.55. The number of hydrogen-bond donors (Lipinski definition) is 1. The van der Waals surface area contributed by atoms with Gasteiger partial charge in [0.15, 0.2) is 0 Å². The summed E-state index contributed by atoms with van der Waals surface area (Å²) in [7, 11) is 0. The first kappa shape index (κ1) is 23.3. The van der Waals surface area contributed by atoms with E-state index in [0.29, 0.717) is 17.2 Å². The van der Waals surface area contributed by atoms with E-state index in [0.717, 1.165) is 16.7 Å². The molecule has 0 aliphatic heterocycles. The quantitative estimate of drug-likeness (QED) is 0.442. The predicted octanol–water partition coefficient (Wildman–Crippen LogP) is 5.60. The third kappa shape index (κ3) is 7.12. The molecule has 1 aromatic heterocycles. The molecule has 0 unspecified atom stereocenters. The van der Waals surface area contributed by atoms with Crippen LogP contribution in [0, 0.1) is 0 Å². The largest absolute Gasteiger partial charge is 0.573 e. The monoisotopic (exact) mass is 463 g/mol. The van der Waals surface area contributed by atoms with Crippen LogP contribution in [0.3, 0.4) is 0 Å². The van der Waals surface area contributed by atoms with Crippen LogP contribution in [0.4, 0.5) is 18.2 Å². The van der Waals surface area contributed by atoms with Crippen molar-refractivity contribution >= 4 is 28.2 Å². The van der Waals surface area contributed by atoms with Crippen LogP contribution in [-0.2, 0) is 27.2 Å². The minimum absolute atomic E-state index is 0.163. The molecule has 32 heavy (non-hydrogen) atoms. The van der Waals surface area contributed by atoms with Gasteiger partial charge < -0.3 is 14.8 Å². The van der Waals surface area contributed by atoms with Gasteiger partial charge in [-0.25, -0.2) is 0 Å². The van der Waals surface area contributed by atoms with Crippen LogP contribution in [0.2, 0.25) is 0 Å². The first-order chi connectivity index (χ1) is 15.2. The minimum Gasteiger partial charge on any atom is -0.466 e. The second kappa shape index (κ2) is 10.3. The number of esters is 1. The number of hydrogen-bond acceptors (Lipinski definition) is 5. The lowest BCUT2D eigenvalue weighted by Crippen LogP contribution is -2.16. The molecule has 0 atom stereocenters. The highest BCUT2D eigenvalue weighted by Crippen LogP contribution is 2.31. The van der Waals surface area contributed by atoms with Gasteiger partial charge in [0.25, 0.3) is 0 Å². The predicted molar refractivity (Wildman–Crippen MR) is 116 cm³/mol. The van der Waals surface area contributed by atoms with Crippen LogP contribution in [0.1, 0.15) is 18.1 Å². The van der Waals surface area contributed by atoms with Crippen molar-refractivity contribution in [1.29, 1.82) is 0 Å². The van der Waals surface area contributed by atoms with Gasteiger partial charge in [0.2, 0.25) is 5.91 Å². The van der Waals surface area contributed by atoms with E-state index in [1.807, 2.05) is 0 Å². The van der Waals surface area contributed by atoms with E-state index in [4.69, 9.17) is 4.74 Å². The van der Waals surface area contributed by atoms with Gasteiger partial charge in [-0.1, -0.05) is 36.4 Å². The number of halogens is 3. The number of nitrogens with one attached hydrogen (secondary N) is 1. The first-order valence-corrected chi connectivity index (χ1v) is 10.6. The van der Waals surface area contributed by atoms with Crippen molar-refractivity contribution in [1.82, 2.24) is 0 Å². The topological polar surface area (TPSA) is 64.6 Å². The summed E-state index contributed by atoms with van der Waals surface area (Å²) in [5.41, 5.74) is 3.08. The molecule has 168 valence electrons.